The van der Waals surface area contributed by atoms with E-state index in [9.17, 15) is 9.90 Å². The second-order valence-electron chi connectivity index (χ2n) is 4.99. The van der Waals surface area contributed by atoms with Gasteiger partial charge in [-0.15, -0.1) is 0 Å². The van der Waals surface area contributed by atoms with Gasteiger partial charge in [0, 0.05) is 13.2 Å². The molecular formula is C13H23N3O3. The second-order valence-corrected chi connectivity index (χ2v) is 4.99. The standard InChI is InChI=1S/C13H23N3O3/c1-9(12(17)11(14-2)13(18)19)5-4-6-10-7-15-16(3)8-10/h7-9,11-12,14,17H,4-6H2,1-3H3,(H,18,19)/t9-,11+,12-/m1/s1. The molecule has 0 aliphatic carbocycles. The van der Waals surface area contributed by atoms with Crippen molar-refractivity contribution in [2.45, 2.75) is 38.3 Å². The number of carbonyl (C=O) groups is 1. The van der Waals surface area contributed by atoms with Crippen LogP contribution in [0.15, 0.2) is 12.4 Å². The molecule has 0 saturated heterocycles. The highest BCUT2D eigenvalue weighted by atomic mass is 16.4. The molecule has 0 amide bonds. The average molecular weight is 269 g/mol. The first-order valence-corrected chi connectivity index (χ1v) is 6.51. The SMILES string of the molecule is CN[C@H](C(=O)O)[C@H](O)[C@H](C)CCCc1cnn(C)c1. The van der Waals surface area contributed by atoms with Gasteiger partial charge in [0.05, 0.1) is 12.3 Å². The number of aromatic nitrogens is 2. The molecule has 6 heteroatoms. The molecule has 1 aromatic rings. The summed E-state index contributed by atoms with van der Waals surface area (Å²) in [4.78, 5) is 10.9. The van der Waals surface area contributed by atoms with Gasteiger partial charge in [-0.3, -0.25) is 9.48 Å². The summed E-state index contributed by atoms with van der Waals surface area (Å²) in [5, 5.41) is 25.7. The first-order chi connectivity index (χ1) is 8.95. The second kappa shape index (κ2) is 7.25. The lowest BCUT2D eigenvalue weighted by atomic mass is 9.92. The topological polar surface area (TPSA) is 87.4 Å². The number of nitrogens with one attached hydrogen (secondary N) is 1. The van der Waals surface area contributed by atoms with Gasteiger partial charge in [0.2, 0.25) is 0 Å². The minimum atomic E-state index is -1.02. The van der Waals surface area contributed by atoms with E-state index in [0.29, 0.717) is 0 Å². The fourth-order valence-corrected chi connectivity index (χ4v) is 2.17. The number of carboxylic acids is 1. The minimum Gasteiger partial charge on any atom is -0.480 e. The van der Waals surface area contributed by atoms with Crippen LogP contribution < -0.4 is 5.32 Å². The number of hydrogen-bond donors (Lipinski definition) is 3. The summed E-state index contributed by atoms with van der Waals surface area (Å²) in [6.45, 7) is 1.88. The Labute approximate surface area is 113 Å². The number of likely N-dealkylation sites (N-methyl/N-ethyl adjacent to an activating group) is 1. The number of aliphatic hydroxyl groups excluding tert-OH is 1. The number of aliphatic carboxylic acids is 1. The number of nitrogens with zero attached hydrogens (tertiary/aromatic N) is 2. The molecule has 1 rings (SSSR count). The van der Waals surface area contributed by atoms with E-state index in [1.54, 1.807) is 11.7 Å². The van der Waals surface area contributed by atoms with E-state index in [1.807, 2.05) is 26.4 Å². The van der Waals surface area contributed by atoms with Gasteiger partial charge < -0.3 is 15.5 Å². The molecule has 19 heavy (non-hydrogen) atoms. The van der Waals surface area contributed by atoms with Crippen molar-refractivity contribution in [1.82, 2.24) is 15.1 Å². The highest BCUT2D eigenvalue weighted by molar-refractivity contribution is 5.74. The van der Waals surface area contributed by atoms with Gasteiger partial charge in [0.25, 0.3) is 0 Å². The third-order valence-electron chi connectivity index (χ3n) is 3.38. The largest absolute Gasteiger partial charge is 0.480 e. The zero-order chi connectivity index (χ0) is 14.4. The van der Waals surface area contributed by atoms with Crippen molar-refractivity contribution in [2.24, 2.45) is 13.0 Å². The molecule has 0 aliphatic rings. The normalized spacial score (nSPS) is 16.0. The Hall–Kier alpha value is -1.40. The molecule has 0 aliphatic heterocycles. The van der Waals surface area contributed by atoms with Crippen molar-refractivity contribution in [3.63, 3.8) is 0 Å². The molecule has 0 radical (unpaired) electrons. The number of rotatable bonds is 8. The fourth-order valence-electron chi connectivity index (χ4n) is 2.17. The van der Waals surface area contributed by atoms with E-state index < -0.39 is 18.1 Å². The maximum absolute atomic E-state index is 10.9. The molecule has 0 unspecified atom stereocenters. The maximum atomic E-state index is 10.9. The fraction of sp³-hybridized carbons (Fsp3) is 0.692. The van der Waals surface area contributed by atoms with Crippen LogP contribution in [0, 0.1) is 5.92 Å². The summed E-state index contributed by atoms with van der Waals surface area (Å²) >= 11 is 0. The number of aryl methyl sites for hydroxylation is 2. The van der Waals surface area contributed by atoms with Crippen molar-refractivity contribution in [1.29, 1.82) is 0 Å². The molecule has 6 nitrogen and oxygen atoms in total. The summed E-state index contributed by atoms with van der Waals surface area (Å²) in [6, 6.07) is -0.909. The van der Waals surface area contributed by atoms with Crippen LogP contribution >= 0.6 is 0 Å². The Morgan fingerprint density at radius 2 is 2.26 bits per heavy atom. The molecule has 3 N–H and O–H groups in total. The van der Waals surface area contributed by atoms with E-state index >= 15 is 0 Å². The van der Waals surface area contributed by atoms with E-state index in [1.165, 1.54) is 0 Å². The van der Waals surface area contributed by atoms with Gasteiger partial charge in [0.15, 0.2) is 0 Å². The summed E-state index contributed by atoms with van der Waals surface area (Å²) in [5.41, 5.74) is 1.16. The van der Waals surface area contributed by atoms with Crippen LogP contribution in [-0.4, -0.2) is 45.2 Å². The van der Waals surface area contributed by atoms with Gasteiger partial charge in [-0.2, -0.15) is 5.10 Å². The highest BCUT2D eigenvalue weighted by Gasteiger charge is 2.28. The molecule has 0 saturated carbocycles. The molecular weight excluding hydrogens is 246 g/mol. The first kappa shape index (κ1) is 15.7. The highest BCUT2D eigenvalue weighted by Crippen LogP contribution is 2.16. The minimum absolute atomic E-state index is 0.0646. The van der Waals surface area contributed by atoms with Gasteiger partial charge in [-0.1, -0.05) is 6.92 Å². The Morgan fingerprint density at radius 1 is 1.58 bits per heavy atom. The van der Waals surface area contributed by atoms with Crippen LogP contribution in [0.1, 0.15) is 25.3 Å². The predicted octanol–water partition coefficient (Wildman–Crippen LogP) is 0.412. The van der Waals surface area contributed by atoms with Crippen molar-refractivity contribution < 1.29 is 15.0 Å². The zero-order valence-corrected chi connectivity index (χ0v) is 11.7. The van der Waals surface area contributed by atoms with E-state index in [2.05, 4.69) is 10.4 Å². The van der Waals surface area contributed by atoms with Gasteiger partial charge in [-0.05, 0) is 37.8 Å². The first-order valence-electron chi connectivity index (χ1n) is 6.51. The third-order valence-corrected chi connectivity index (χ3v) is 3.38. The smallest absolute Gasteiger partial charge is 0.323 e. The third kappa shape index (κ3) is 4.65. The van der Waals surface area contributed by atoms with Gasteiger partial charge >= 0.3 is 5.97 Å². The van der Waals surface area contributed by atoms with E-state index in [0.717, 1.165) is 24.8 Å². The van der Waals surface area contributed by atoms with Crippen molar-refractivity contribution in [3.8, 4) is 0 Å². The van der Waals surface area contributed by atoms with Crippen molar-refractivity contribution in [3.05, 3.63) is 18.0 Å². The molecule has 0 fully saturated rings. The quantitative estimate of drug-likeness (QED) is 0.636. The lowest BCUT2D eigenvalue weighted by Crippen LogP contribution is -2.47. The molecule has 0 spiro atoms. The lowest BCUT2D eigenvalue weighted by molar-refractivity contribution is -0.143. The number of aliphatic hydroxyl groups is 1. The summed E-state index contributed by atoms with van der Waals surface area (Å²) in [6.07, 6.45) is 5.49. The molecule has 1 aromatic heterocycles. The number of hydrogen-bond acceptors (Lipinski definition) is 4. The summed E-state index contributed by atoms with van der Waals surface area (Å²) in [7, 11) is 3.42. The maximum Gasteiger partial charge on any atom is 0.323 e. The molecule has 1 heterocycles. The van der Waals surface area contributed by atoms with Crippen molar-refractivity contribution in [2.75, 3.05) is 7.05 Å². The molecule has 108 valence electrons. The number of carboxylic acid groups (broad SMARTS) is 1. The summed E-state index contributed by atoms with van der Waals surface area (Å²) in [5.74, 6) is -1.08. The van der Waals surface area contributed by atoms with Crippen molar-refractivity contribution >= 4 is 5.97 Å². The Bertz CT molecular complexity index is 406. The summed E-state index contributed by atoms with van der Waals surface area (Å²) < 4.78 is 1.76. The monoisotopic (exact) mass is 269 g/mol. The lowest BCUT2D eigenvalue weighted by Gasteiger charge is -2.24. The van der Waals surface area contributed by atoms with E-state index in [4.69, 9.17) is 5.11 Å². The van der Waals surface area contributed by atoms with Gasteiger partial charge in [-0.25, -0.2) is 0 Å². The molecule has 0 aromatic carbocycles. The molecule has 3 atom stereocenters. The van der Waals surface area contributed by atoms with E-state index in [-0.39, 0.29) is 5.92 Å². The van der Waals surface area contributed by atoms with Crippen LogP contribution in [0.2, 0.25) is 0 Å². The van der Waals surface area contributed by atoms with Crippen LogP contribution in [0.3, 0.4) is 0 Å². The van der Waals surface area contributed by atoms with Crippen LogP contribution in [0.4, 0.5) is 0 Å². The predicted molar refractivity (Wildman–Crippen MR) is 71.8 cm³/mol. The van der Waals surface area contributed by atoms with Crippen LogP contribution in [-0.2, 0) is 18.3 Å². The Kier molecular flexibility index (Phi) is 5.98. The zero-order valence-electron chi connectivity index (χ0n) is 11.7. The Morgan fingerprint density at radius 3 is 2.74 bits per heavy atom. The average Bonchev–Trinajstić information content (AvgIpc) is 2.75. The van der Waals surface area contributed by atoms with Gasteiger partial charge in [0.1, 0.15) is 6.04 Å². The van der Waals surface area contributed by atoms with Crippen LogP contribution in [0.5, 0.6) is 0 Å². The van der Waals surface area contributed by atoms with Crippen LogP contribution in [0.25, 0.3) is 0 Å². The molecule has 0 bridgehead atoms. The Balaban J connectivity index is 2.37.